The maximum absolute atomic E-state index is 13.2. The molecule has 0 aliphatic carbocycles. The molecule has 0 fully saturated rings. The van der Waals surface area contributed by atoms with Crippen LogP contribution in [-0.4, -0.2) is 14.7 Å². The van der Waals surface area contributed by atoms with Crippen molar-refractivity contribution in [2.45, 2.75) is 10.6 Å². The van der Waals surface area contributed by atoms with Gasteiger partial charge in [0, 0.05) is 21.1 Å². The minimum atomic E-state index is -3.88. The first-order chi connectivity index (χ1) is 6.83. The first-order valence-electron chi connectivity index (χ1n) is 3.77. The lowest BCUT2D eigenvalue weighted by Gasteiger charge is -2.04. The Labute approximate surface area is 95.0 Å². The van der Waals surface area contributed by atoms with Crippen molar-refractivity contribution < 1.29 is 17.2 Å². The number of thioether (sulfide) groups is 1. The zero-order valence-electron chi connectivity index (χ0n) is 7.63. The second-order valence-electron chi connectivity index (χ2n) is 2.76. The third kappa shape index (κ3) is 3.62. The Kier molecular flexibility index (Phi) is 3.97. The Bertz CT molecular complexity index is 474. The van der Waals surface area contributed by atoms with Crippen LogP contribution in [0.25, 0.3) is 0 Å². The van der Waals surface area contributed by atoms with Crippen molar-refractivity contribution in [1.82, 2.24) is 0 Å². The Morgan fingerprint density at radius 3 is 2.40 bits per heavy atom. The van der Waals surface area contributed by atoms with Gasteiger partial charge < -0.3 is 0 Å². The lowest BCUT2D eigenvalue weighted by atomic mass is 10.2. The van der Waals surface area contributed by atoms with Crippen molar-refractivity contribution in [3.63, 3.8) is 0 Å². The molecule has 0 unspecified atom stereocenters. The second-order valence-corrected chi connectivity index (χ2v) is 6.39. The molecule has 1 rings (SSSR count). The highest BCUT2D eigenvalue weighted by molar-refractivity contribution is 8.13. The van der Waals surface area contributed by atoms with E-state index in [4.69, 9.17) is 10.7 Å². The lowest BCUT2D eigenvalue weighted by molar-refractivity contribution is 0.566. The topological polar surface area (TPSA) is 34.1 Å². The third-order valence-corrected chi connectivity index (χ3v) is 3.38. The summed E-state index contributed by atoms with van der Waals surface area (Å²) in [6.45, 7) is 0. The number of rotatable bonds is 3. The highest BCUT2D eigenvalue weighted by Gasteiger charge is 2.14. The summed E-state index contributed by atoms with van der Waals surface area (Å²) in [5.41, 5.74) is -0.264. The normalized spacial score (nSPS) is 11.7. The quantitative estimate of drug-likeness (QED) is 0.627. The highest BCUT2D eigenvalue weighted by Crippen LogP contribution is 2.24. The average Bonchev–Trinajstić information content (AvgIpc) is 2.08. The van der Waals surface area contributed by atoms with E-state index >= 15 is 0 Å². The Morgan fingerprint density at radius 2 is 1.93 bits per heavy atom. The van der Waals surface area contributed by atoms with Crippen molar-refractivity contribution in [3.05, 3.63) is 29.3 Å². The molecule has 0 amide bonds. The smallest absolute Gasteiger partial charge is 0.212 e. The van der Waals surface area contributed by atoms with Gasteiger partial charge in [-0.05, 0) is 18.4 Å². The van der Waals surface area contributed by atoms with E-state index in [2.05, 4.69) is 0 Å². The van der Waals surface area contributed by atoms with Gasteiger partial charge in [-0.2, -0.15) is 0 Å². The molecule has 0 bridgehead atoms. The molecule has 0 spiro atoms. The van der Waals surface area contributed by atoms with Crippen molar-refractivity contribution in [2.75, 3.05) is 6.26 Å². The summed E-state index contributed by atoms with van der Waals surface area (Å²) in [7, 11) is 1.07. The van der Waals surface area contributed by atoms with Crippen LogP contribution in [0.4, 0.5) is 8.78 Å². The van der Waals surface area contributed by atoms with Gasteiger partial charge in [-0.25, -0.2) is 17.2 Å². The Hall–Kier alpha value is -0.330. The zero-order valence-corrected chi connectivity index (χ0v) is 10.0. The van der Waals surface area contributed by atoms with Crippen molar-refractivity contribution >= 4 is 31.5 Å². The molecule has 0 saturated heterocycles. The number of hydrogen-bond acceptors (Lipinski definition) is 3. The molecule has 7 heteroatoms. The van der Waals surface area contributed by atoms with E-state index in [1.807, 2.05) is 0 Å². The summed E-state index contributed by atoms with van der Waals surface area (Å²) in [5.74, 6) is -2.14. The van der Waals surface area contributed by atoms with E-state index in [-0.39, 0.29) is 10.5 Å². The monoisotopic (exact) mass is 272 g/mol. The molecule has 1 aromatic carbocycles. The summed E-state index contributed by atoms with van der Waals surface area (Å²) >= 11 is 1.04. The highest BCUT2D eigenvalue weighted by atomic mass is 35.7. The summed E-state index contributed by atoms with van der Waals surface area (Å²) in [6, 6.07) is 1.80. The molecule has 2 nitrogen and oxygen atoms in total. The first-order valence-corrected chi connectivity index (χ1v) is 7.48. The van der Waals surface area contributed by atoms with E-state index < -0.39 is 26.4 Å². The van der Waals surface area contributed by atoms with Crippen LogP contribution in [0.3, 0.4) is 0 Å². The third-order valence-electron chi connectivity index (χ3n) is 1.65. The maximum atomic E-state index is 13.2. The van der Waals surface area contributed by atoms with Gasteiger partial charge in [0.15, 0.2) is 0 Å². The standard InChI is InChI=1S/C8H7ClF2O2S2/c1-14-8-3-6(10)5(2-7(8)11)4-15(9,12)13/h2-3H,4H2,1H3. The maximum Gasteiger partial charge on any atom is 0.236 e. The molecule has 0 heterocycles. The molecular weight excluding hydrogens is 266 g/mol. The van der Waals surface area contributed by atoms with Crippen molar-refractivity contribution in [3.8, 4) is 0 Å². The first kappa shape index (κ1) is 12.7. The molecule has 84 valence electrons. The van der Waals surface area contributed by atoms with E-state index in [0.717, 1.165) is 23.9 Å². The van der Waals surface area contributed by atoms with Gasteiger partial charge in [-0.3, -0.25) is 0 Å². The summed E-state index contributed by atoms with van der Waals surface area (Å²) in [5, 5.41) is 0. The molecule has 0 atom stereocenters. The van der Waals surface area contributed by atoms with Gasteiger partial charge >= 0.3 is 0 Å². The van der Waals surface area contributed by atoms with Crippen LogP contribution in [0, 0.1) is 11.6 Å². The SMILES string of the molecule is CSc1cc(F)c(CS(=O)(=O)Cl)cc1F. The predicted octanol–water partition coefficient (Wildman–Crippen LogP) is 2.76. The molecule has 0 aromatic heterocycles. The molecule has 0 saturated carbocycles. The molecule has 0 aliphatic heterocycles. The van der Waals surface area contributed by atoms with Gasteiger partial charge in [-0.1, -0.05) is 0 Å². The van der Waals surface area contributed by atoms with Crippen molar-refractivity contribution in [1.29, 1.82) is 0 Å². The van der Waals surface area contributed by atoms with Gasteiger partial charge in [-0.15, -0.1) is 11.8 Å². The van der Waals surface area contributed by atoms with Gasteiger partial charge in [0.1, 0.15) is 11.6 Å². The fraction of sp³-hybridized carbons (Fsp3) is 0.250. The summed E-state index contributed by atoms with van der Waals surface area (Å²) in [6.07, 6.45) is 1.59. The Balaban J connectivity index is 3.17. The molecular formula is C8H7ClF2O2S2. The van der Waals surface area contributed by atoms with Crippen LogP contribution in [0.1, 0.15) is 5.56 Å². The van der Waals surface area contributed by atoms with Crippen LogP contribution in [0.15, 0.2) is 17.0 Å². The van der Waals surface area contributed by atoms with Crippen molar-refractivity contribution in [2.24, 2.45) is 0 Å². The predicted molar refractivity (Wildman–Crippen MR) is 56.6 cm³/mol. The van der Waals surface area contributed by atoms with E-state index in [1.165, 1.54) is 0 Å². The lowest BCUT2D eigenvalue weighted by Crippen LogP contribution is -2.00. The number of halogens is 3. The minimum Gasteiger partial charge on any atom is -0.212 e. The number of hydrogen-bond donors (Lipinski definition) is 0. The number of benzene rings is 1. The van der Waals surface area contributed by atoms with E-state index in [1.54, 1.807) is 6.26 Å². The van der Waals surface area contributed by atoms with Crippen LogP contribution in [-0.2, 0) is 14.8 Å². The molecule has 0 radical (unpaired) electrons. The molecule has 15 heavy (non-hydrogen) atoms. The van der Waals surface area contributed by atoms with Gasteiger partial charge in [0.2, 0.25) is 9.05 Å². The zero-order chi connectivity index (χ0) is 11.6. The van der Waals surface area contributed by atoms with Crippen LogP contribution in [0.2, 0.25) is 0 Å². The molecule has 0 aliphatic rings. The fourth-order valence-electron chi connectivity index (χ4n) is 1.02. The van der Waals surface area contributed by atoms with Crippen LogP contribution < -0.4 is 0 Å². The molecule has 1 aromatic rings. The van der Waals surface area contributed by atoms with Crippen LogP contribution in [0.5, 0.6) is 0 Å². The summed E-state index contributed by atoms with van der Waals surface area (Å²) < 4.78 is 47.8. The van der Waals surface area contributed by atoms with E-state index in [0.29, 0.717) is 0 Å². The minimum absolute atomic E-state index is 0.128. The summed E-state index contributed by atoms with van der Waals surface area (Å²) in [4.78, 5) is 0.128. The van der Waals surface area contributed by atoms with Gasteiger partial charge in [0.25, 0.3) is 0 Å². The van der Waals surface area contributed by atoms with E-state index in [9.17, 15) is 17.2 Å². The van der Waals surface area contributed by atoms with Gasteiger partial charge in [0.05, 0.1) is 5.75 Å². The Morgan fingerprint density at radius 1 is 1.33 bits per heavy atom. The van der Waals surface area contributed by atoms with Crippen LogP contribution >= 0.6 is 22.4 Å². The molecule has 0 N–H and O–H groups in total. The largest absolute Gasteiger partial charge is 0.236 e. The average molecular weight is 273 g/mol. The second kappa shape index (κ2) is 4.67. The fourth-order valence-corrected chi connectivity index (χ4v) is 2.44.